The predicted molar refractivity (Wildman–Crippen MR) is 95.5 cm³/mol. The van der Waals surface area contributed by atoms with Crippen molar-refractivity contribution in [2.24, 2.45) is 10.7 Å². The Bertz CT molecular complexity index is 996. The Morgan fingerprint density at radius 1 is 1.24 bits per heavy atom. The molecule has 1 aliphatic heterocycles. The highest BCUT2D eigenvalue weighted by molar-refractivity contribution is 5.73. The Hall–Kier alpha value is -3.35. The number of nitrogens with two attached hydrogens (primary N) is 1. The summed E-state index contributed by atoms with van der Waals surface area (Å²) >= 11 is 0. The number of rotatable bonds is 2. The van der Waals surface area contributed by atoms with Gasteiger partial charge in [0.2, 0.25) is 5.88 Å². The molecule has 10 heteroatoms. The quantitative estimate of drug-likeness (QED) is 0.610. The summed E-state index contributed by atoms with van der Waals surface area (Å²) in [5.74, 6) is 5.13. The van der Waals surface area contributed by atoms with E-state index in [0.29, 0.717) is 17.1 Å². The summed E-state index contributed by atoms with van der Waals surface area (Å²) in [6, 6.07) is 3.22. The fourth-order valence-corrected chi connectivity index (χ4v) is 2.85. The molecule has 152 valence electrons. The van der Waals surface area contributed by atoms with E-state index in [-0.39, 0.29) is 5.56 Å². The van der Waals surface area contributed by atoms with Crippen LogP contribution in [0.5, 0.6) is 5.88 Å². The van der Waals surface area contributed by atoms with Crippen LogP contribution in [-0.2, 0) is 10.3 Å². The number of nitrogens with zero attached hydrogens (tertiary/aromatic N) is 3. The normalized spacial score (nSPS) is 21.4. The Kier molecular flexibility index (Phi) is 5.33. The minimum atomic E-state index is -4.66. The van der Waals surface area contributed by atoms with Gasteiger partial charge in [-0.15, -0.1) is 0 Å². The average Bonchev–Trinajstić information content (AvgIpc) is 2.66. The molecule has 6 nitrogen and oxygen atoms in total. The number of aromatic nitrogens is 2. The van der Waals surface area contributed by atoms with E-state index in [2.05, 4.69) is 31.5 Å². The van der Waals surface area contributed by atoms with Gasteiger partial charge in [-0.3, -0.25) is 0 Å². The molecule has 0 radical (unpaired) electrons. The second-order valence-corrected chi connectivity index (χ2v) is 6.46. The smallest absolute Gasteiger partial charge is 0.425 e. The summed E-state index contributed by atoms with van der Waals surface area (Å²) in [5, 5.41) is 0. The van der Waals surface area contributed by atoms with E-state index in [4.69, 9.17) is 10.5 Å². The molecule has 2 atom stereocenters. The number of aliphatic imine (C=N–C) groups is 1. The molecule has 3 rings (SSSR count). The zero-order valence-corrected chi connectivity index (χ0v) is 15.4. The number of hydrogen-bond donors (Lipinski definition) is 1. The van der Waals surface area contributed by atoms with Gasteiger partial charge in [-0.05, 0) is 31.0 Å². The van der Waals surface area contributed by atoms with E-state index in [1.165, 1.54) is 38.6 Å². The maximum atomic E-state index is 14.5. The van der Waals surface area contributed by atoms with E-state index >= 15 is 0 Å². The summed E-state index contributed by atoms with van der Waals surface area (Å²) in [4.78, 5) is 11.9. The number of alkyl halides is 3. The SMILES string of the molecule is COc1cnc(C#Cc2ccc(F)c(C3(C)CC(C(F)(F)F)OC(N)=N3)c2)cn1. The molecule has 0 bridgehead atoms. The first-order valence-electron chi connectivity index (χ1n) is 8.37. The highest BCUT2D eigenvalue weighted by Gasteiger charge is 2.50. The van der Waals surface area contributed by atoms with Crippen molar-refractivity contribution in [3.8, 4) is 17.7 Å². The van der Waals surface area contributed by atoms with Gasteiger partial charge in [0.1, 0.15) is 11.5 Å². The van der Waals surface area contributed by atoms with E-state index in [1.54, 1.807) is 0 Å². The molecule has 29 heavy (non-hydrogen) atoms. The summed E-state index contributed by atoms with van der Waals surface area (Å²) in [5.41, 5.74) is 4.51. The van der Waals surface area contributed by atoms with E-state index in [0.717, 1.165) is 6.07 Å². The van der Waals surface area contributed by atoms with Crippen LogP contribution in [0.4, 0.5) is 17.6 Å². The lowest BCUT2D eigenvalue weighted by Gasteiger charge is -2.35. The fourth-order valence-electron chi connectivity index (χ4n) is 2.85. The molecule has 0 spiro atoms. The van der Waals surface area contributed by atoms with E-state index in [9.17, 15) is 17.6 Å². The molecule has 2 N–H and O–H groups in total. The van der Waals surface area contributed by atoms with Crippen LogP contribution < -0.4 is 10.5 Å². The molecule has 0 saturated heterocycles. The van der Waals surface area contributed by atoms with Gasteiger partial charge in [0.25, 0.3) is 6.02 Å². The average molecular weight is 408 g/mol. The molecule has 0 aliphatic carbocycles. The topological polar surface area (TPSA) is 82.6 Å². The molecule has 0 amide bonds. The standard InChI is InChI=1S/C19H16F4N4O2/c1-18(8-15(19(21,22)23)29-17(24)27-18)13-7-11(4-6-14(13)20)3-5-12-9-26-16(28-2)10-25-12/h4,6-7,9-10,15H,8H2,1-2H3,(H2,24,27). The second kappa shape index (κ2) is 7.58. The van der Waals surface area contributed by atoms with Gasteiger partial charge < -0.3 is 15.2 Å². The second-order valence-electron chi connectivity index (χ2n) is 6.46. The number of amidine groups is 1. The molecule has 1 aromatic carbocycles. The highest BCUT2D eigenvalue weighted by Crippen LogP contribution is 2.40. The molecule has 1 aromatic heterocycles. The van der Waals surface area contributed by atoms with Gasteiger partial charge >= 0.3 is 6.18 Å². The first-order chi connectivity index (χ1) is 13.6. The van der Waals surface area contributed by atoms with Crippen LogP contribution in [0.2, 0.25) is 0 Å². The van der Waals surface area contributed by atoms with Crippen LogP contribution in [0.1, 0.15) is 30.2 Å². The van der Waals surface area contributed by atoms with Crippen molar-refractivity contribution in [3.63, 3.8) is 0 Å². The largest absolute Gasteiger partial charge is 0.480 e. The van der Waals surface area contributed by atoms with Crippen LogP contribution in [-0.4, -0.2) is 35.4 Å². The molecule has 2 unspecified atom stereocenters. The van der Waals surface area contributed by atoms with Crippen molar-refractivity contribution in [2.75, 3.05) is 7.11 Å². The summed E-state index contributed by atoms with van der Waals surface area (Å²) in [6.45, 7) is 1.37. The van der Waals surface area contributed by atoms with Crippen LogP contribution in [0.15, 0.2) is 35.6 Å². The Balaban J connectivity index is 1.95. The maximum Gasteiger partial charge on any atom is 0.425 e. The predicted octanol–water partition coefficient (Wildman–Crippen LogP) is 2.91. The molecular formula is C19H16F4N4O2. The third kappa shape index (κ3) is 4.56. The van der Waals surface area contributed by atoms with Crippen molar-refractivity contribution >= 4 is 6.02 Å². The number of methoxy groups -OCH3 is 1. The minimum absolute atomic E-state index is 0.0642. The molecule has 2 heterocycles. The monoisotopic (exact) mass is 408 g/mol. The molecule has 0 fully saturated rings. The van der Waals surface area contributed by atoms with Gasteiger partial charge in [0, 0.05) is 17.5 Å². The zero-order valence-electron chi connectivity index (χ0n) is 15.4. The Labute approximate surface area is 163 Å². The summed E-state index contributed by atoms with van der Waals surface area (Å²) in [7, 11) is 1.45. The van der Waals surface area contributed by atoms with Gasteiger partial charge in [-0.2, -0.15) is 13.2 Å². The Morgan fingerprint density at radius 2 is 2.00 bits per heavy atom. The lowest BCUT2D eigenvalue weighted by Crippen LogP contribution is -2.46. The highest BCUT2D eigenvalue weighted by atomic mass is 19.4. The number of halogens is 4. The number of ether oxygens (including phenoxy) is 2. The van der Waals surface area contributed by atoms with Crippen LogP contribution in [0.3, 0.4) is 0 Å². The van der Waals surface area contributed by atoms with Crippen LogP contribution >= 0.6 is 0 Å². The first-order valence-corrected chi connectivity index (χ1v) is 8.37. The zero-order chi connectivity index (χ0) is 21.2. The molecule has 0 saturated carbocycles. The van der Waals surface area contributed by atoms with Crippen molar-refractivity contribution in [1.29, 1.82) is 0 Å². The van der Waals surface area contributed by atoms with Crippen molar-refractivity contribution in [1.82, 2.24) is 9.97 Å². The third-order valence-corrected chi connectivity index (χ3v) is 4.29. The van der Waals surface area contributed by atoms with Crippen molar-refractivity contribution < 1.29 is 27.0 Å². The van der Waals surface area contributed by atoms with E-state index in [1.807, 2.05) is 0 Å². The molecular weight excluding hydrogens is 392 g/mol. The Morgan fingerprint density at radius 3 is 2.62 bits per heavy atom. The molecule has 2 aromatic rings. The van der Waals surface area contributed by atoms with Gasteiger partial charge in [-0.25, -0.2) is 19.4 Å². The van der Waals surface area contributed by atoms with Crippen LogP contribution in [0, 0.1) is 17.7 Å². The van der Waals surface area contributed by atoms with Crippen LogP contribution in [0.25, 0.3) is 0 Å². The maximum absolute atomic E-state index is 14.5. The minimum Gasteiger partial charge on any atom is -0.480 e. The number of benzene rings is 1. The lowest BCUT2D eigenvalue weighted by molar-refractivity contribution is -0.208. The van der Waals surface area contributed by atoms with Crippen molar-refractivity contribution in [2.45, 2.75) is 31.2 Å². The van der Waals surface area contributed by atoms with E-state index < -0.39 is 36.1 Å². The van der Waals surface area contributed by atoms with Crippen molar-refractivity contribution in [3.05, 3.63) is 53.2 Å². The number of hydrogen-bond acceptors (Lipinski definition) is 6. The van der Waals surface area contributed by atoms with Gasteiger partial charge in [0.05, 0.1) is 25.0 Å². The summed E-state index contributed by atoms with van der Waals surface area (Å²) in [6.07, 6.45) is -4.68. The van der Waals surface area contributed by atoms with Gasteiger partial charge in [0.15, 0.2) is 6.10 Å². The lowest BCUT2D eigenvalue weighted by atomic mass is 9.85. The van der Waals surface area contributed by atoms with Gasteiger partial charge in [-0.1, -0.05) is 5.92 Å². The first kappa shape index (κ1) is 20.4. The fraction of sp³-hybridized carbons (Fsp3) is 0.316. The molecule has 1 aliphatic rings. The summed E-state index contributed by atoms with van der Waals surface area (Å²) < 4.78 is 63.4. The third-order valence-electron chi connectivity index (χ3n) is 4.29.